The maximum Gasteiger partial charge on any atom is 0.217 e. The average molecular weight is 220 g/mol. The first-order valence-electron chi connectivity index (χ1n) is 6.09. The molecule has 1 atom stereocenters. The van der Waals surface area contributed by atoms with Gasteiger partial charge in [-0.2, -0.15) is 0 Å². The van der Waals surface area contributed by atoms with Crippen molar-refractivity contribution in [2.45, 2.75) is 32.2 Å². The maximum absolute atomic E-state index is 5.35. The van der Waals surface area contributed by atoms with Crippen molar-refractivity contribution in [3.63, 3.8) is 0 Å². The zero-order chi connectivity index (χ0) is 11.4. The van der Waals surface area contributed by atoms with Crippen molar-refractivity contribution in [2.24, 2.45) is 0 Å². The lowest BCUT2D eigenvalue weighted by Crippen LogP contribution is -2.24. The van der Waals surface area contributed by atoms with E-state index >= 15 is 0 Å². The lowest BCUT2D eigenvalue weighted by atomic mass is 10.1. The van der Waals surface area contributed by atoms with E-state index < -0.39 is 0 Å². The molecule has 0 bridgehead atoms. The summed E-state index contributed by atoms with van der Waals surface area (Å²) in [7, 11) is 1.70. The Kier molecular flexibility index (Phi) is 3.78. The number of pyridine rings is 1. The number of methoxy groups -OCH3 is 1. The minimum Gasteiger partial charge on any atom is -0.481 e. The van der Waals surface area contributed by atoms with Crippen molar-refractivity contribution in [1.82, 2.24) is 9.88 Å². The Morgan fingerprint density at radius 3 is 3.19 bits per heavy atom. The van der Waals surface area contributed by atoms with Crippen LogP contribution in [0.1, 0.15) is 37.8 Å². The molecule has 1 fully saturated rings. The van der Waals surface area contributed by atoms with E-state index in [1.807, 2.05) is 6.07 Å². The van der Waals surface area contributed by atoms with Crippen LogP contribution < -0.4 is 4.74 Å². The summed E-state index contributed by atoms with van der Waals surface area (Å²) in [6.07, 6.45) is 5.51. The highest BCUT2D eigenvalue weighted by Crippen LogP contribution is 2.35. The summed E-state index contributed by atoms with van der Waals surface area (Å²) in [6, 6.07) is 4.65. The van der Waals surface area contributed by atoms with Gasteiger partial charge in [0.05, 0.1) is 7.11 Å². The molecule has 0 spiro atoms. The van der Waals surface area contributed by atoms with E-state index in [9.17, 15) is 0 Å². The standard InChI is InChI=1S/C13H20N2O/c1-3-9-15-10-5-7-12(15)11-6-4-8-14-13(11)16-2/h4,6,8,12H,3,5,7,9-10H2,1-2H3/t12-/m1/s1. The average Bonchev–Trinajstić information content (AvgIpc) is 2.77. The van der Waals surface area contributed by atoms with Gasteiger partial charge in [-0.1, -0.05) is 13.0 Å². The van der Waals surface area contributed by atoms with E-state index in [2.05, 4.69) is 22.9 Å². The predicted molar refractivity (Wildman–Crippen MR) is 64.6 cm³/mol. The quantitative estimate of drug-likeness (QED) is 0.780. The molecule has 3 heteroatoms. The van der Waals surface area contributed by atoms with Gasteiger partial charge in [0.15, 0.2) is 0 Å². The molecule has 0 amide bonds. The van der Waals surface area contributed by atoms with E-state index in [0.717, 1.165) is 5.88 Å². The molecular formula is C13H20N2O. The second-order valence-corrected chi connectivity index (χ2v) is 4.30. The fourth-order valence-corrected chi connectivity index (χ4v) is 2.56. The predicted octanol–water partition coefficient (Wildman–Crippen LogP) is 2.64. The highest BCUT2D eigenvalue weighted by atomic mass is 16.5. The third-order valence-electron chi connectivity index (χ3n) is 3.23. The smallest absolute Gasteiger partial charge is 0.217 e. The summed E-state index contributed by atoms with van der Waals surface area (Å²) < 4.78 is 5.35. The molecule has 0 N–H and O–H groups in total. The van der Waals surface area contributed by atoms with Crippen LogP contribution in [0.25, 0.3) is 0 Å². The number of likely N-dealkylation sites (tertiary alicyclic amines) is 1. The summed E-state index contributed by atoms with van der Waals surface area (Å²) in [6.45, 7) is 4.61. The number of nitrogens with zero attached hydrogens (tertiary/aromatic N) is 2. The summed E-state index contributed by atoms with van der Waals surface area (Å²) >= 11 is 0. The molecule has 1 aromatic heterocycles. The molecule has 2 rings (SSSR count). The van der Waals surface area contributed by atoms with Gasteiger partial charge < -0.3 is 4.74 Å². The third-order valence-corrected chi connectivity index (χ3v) is 3.23. The van der Waals surface area contributed by atoms with Crippen LogP contribution in [0, 0.1) is 0 Å². The summed E-state index contributed by atoms with van der Waals surface area (Å²) in [4.78, 5) is 6.83. The van der Waals surface area contributed by atoms with Gasteiger partial charge in [0.1, 0.15) is 0 Å². The SMILES string of the molecule is CCCN1CCC[C@@H]1c1cccnc1OC. The Morgan fingerprint density at radius 1 is 1.56 bits per heavy atom. The number of ether oxygens (including phenoxy) is 1. The third kappa shape index (κ3) is 2.19. The first-order valence-corrected chi connectivity index (χ1v) is 6.09. The Morgan fingerprint density at radius 2 is 2.44 bits per heavy atom. The zero-order valence-corrected chi connectivity index (χ0v) is 10.1. The van der Waals surface area contributed by atoms with Gasteiger partial charge >= 0.3 is 0 Å². The number of hydrogen-bond acceptors (Lipinski definition) is 3. The monoisotopic (exact) mass is 220 g/mol. The lowest BCUT2D eigenvalue weighted by molar-refractivity contribution is 0.250. The van der Waals surface area contributed by atoms with Gasteiger partial charge in [-0.05, 0) is 38.4 Å². The molecule has 1 aromatic rings. The van der Waals surface area contributed by atoms with E-state index in [-0.39, 0.29) is 0 Å². The molecular weight excluding hydrogens is 200 g/mol. The van der Waals surface area contributed by atoms with Gasteiger partial charge in [-0.3, -0.25) is 4.90 Å². The van der Waals surface area contributed by atoms with E-state index in [1.54, 1.807) is 13.3 Å². The van der Waals surface area contributed by atoms with Gasteiger partial charge in [-0.15, -0.1) is 0 Å². The second kappa shape index (κ2) is 5.30. The molecule has 0 aliphatic carbocycles. The molecule has 88 valence electrons. The van der Waals surface area contributed by atoms with Gasteiger partial charge in [0, 0.05) is 17.8 Å². The van der Waals surface area contributed by atoms with Crippen LogP contribution in [0.15, 0.2) is 18.3 Å². The zero-order valence-electron chi connectivity index (χ0n) is 10.1. The van der Waals surface area contributed by atoms with E-state index in [4.69, 9.17) is 4.74 Å². The first-order chi connectivity index (χ1) is 7.86. The fraction of sp³-hybridized carbons (Fsp3) is 0.615. The Bertz CT molecular complexity index is 340. The van der Waals surface area contributed by atoms with Gasteiger partial charge in [-0.25, -0.2) is 4.98 Å². The molecule has 0 saturated carbocycles. The molecule has 2 heterocycles. The van der Waals surface area contributed by atoms with Crippen LogP contribution in [-0.4, -0.2) is 30.1 Å². The minimum absolute atomic E-state index is 0.503. The van der Waals surface area contributed by atoms with Crippen molar-refractivity contribution in [2.75, 3.05) is 20.2 Å². The highest BCUT2D eigenvalue weighted by Gasteiger charge is 2.27. The van der Waals surface area contributed by atoms with Crippen LogP contribution in [-0.2, 0) is 0 Å². The summed E-state index contributed by atoms with van der Waals surface area (Å²) in [5.41, 5.74) is 1.25. The second-order valence-electron chi connectivity index (χ2n) is 4.30. The van der Waals surface area contributed by atoms with Crippen LogP contribution >= 0.6 is 0 Å². The fourth-order valence-electron chi connectivity index (χ4n) is 2.56. The molecule has 3 nitrogen and oxygen atoms in total. The number of rotatable bonds is 4. The van der Waals surface area contributed by atoms with Crippen molar-refractivity contribution < 1.29 is 4.74 Å². The summed E-state index contributed by atoms with van der Waals surface area (Å²) in [5, 5.41) is 0. The number of hydrogen-bond donors (Lipinski definition) is 0. The van der Waals surface area contributed by atoms with E-state index in [1.165, 1.54) is 37.9 Å². The molecule has 1 saturated heterocycles. The first kappa shape index (κ1) is 11.4. The van der Waals surface area contributed by atoms with Crippen LogP contribution in [0.4, 0.5) is 0 Å². The molecule has 16 heavy (non-hydrogen) atoms. The van der Waals surface area contributed by atoms with Gasteiger partial charge in [0.25, 0.3) is 0 Å². The maximum atomic E-state index is 5.35. The number of aromatic nitrogens is 1. The molecule has 0 aromatic carbocycles. The van der Waals surface area contributed by atoms with Gasteiger partial charge in [0.2, 0.25) is 5.88 Å². The summed E-state index contributed by atoms with van der Waals surface area (Å²) in [5.74, 6) is 0.788. The molecule has 0 unspecified atom stereocenters. The van der Waals surface area contributed by atoms with Crippen molar-refractivity contribution in [3.05, 3.63) is 23.9 Å². The van der Waals surface area contributed by atoms with E-state index in [0.29, 0.717) is 6.04 Å². The molecule has 0 radical (unpaired) electrons. The van der Waals surface area contributed by atoms with Crippen LogP contribution in [0.2, 0.25) is 0 Å². The van der Waals surface area contributed by atoms with Crippen molar-refractivity contribution in [1.29, 1.82) is 0 Å². The topological polar surface area (TPSA) is 25.4 Å². The Hall–Kier alpha value is -1.09. The van der Waals surface area contributed by atoms with Crippen molar-refractivity contribution >= 4 is 0 Å². The normalized spacial score (nSPS) is 21.2. The lowest BCUT2D eigenvalue weighted by Gasteiger charge is -2.24. The van der Waals surface area contributed by atoms with Crippen LogP contribution in [0.5, 0.6) is 5.88 Å². The Balaban J connectivity index is 2.21. The van der Waals surface area contributed by atoms with Crippen molar-refractivity contribution in [3.8, 4) is 5.88 Å². The van der Waals surface area contributed by atoms with Crippen LogP contribution in [0.3, 0.4) is 0 Å². The molecule has 1 aliphatic rings. The minimum atomic E-state index is 0.503. The largest absolute Gasteiger partial charge is 0.481 e. The molecule has 1 aliphatic heterocycles. The Labute approximate surface area is 97.4 Å². The highest BCUT2D eigenvalue weighted by molar-refractivity contribution is 5.29.